The van der Waals surface area contributed by atoms with Gasteiger partial charge in [-0.25, -0.2) is 0 Å². The van der Waals surface area contributed by atoms with E-state index in [4.69, 9.17) is 4.74 Å². The van der Waals surface area contributed by atoms with E-state index >= 15 is 0 Å². The summed E-state index contributed by atoms with van der Waals surface area (Å²) in [6.07, 6.45) is 10.1. The van der Waals surface area contributed by atoms with Crippen molar-refractivity contribution in [2.24, 2.45) is 0 Å². The minimum absolute atomic E-state index is 0.218. The van der Waals surface area contributed by atoms with E-state index in [1.807, 2.05) is 20.8 Å². The van der Waals surface area contributed by atoms with Crippen molar-refractivity contribution < 1.29 is 34.9 Å². The SMILES string of the molecule is C=C/C=C1C(c2ccc(OS(=O)(=O)C(F)(F)F)cc2)=C(/C(C=C)=C/C=C)COC/1=C/C.CC.CF. The Labute approximate surface area is 205 Å². The molecule has 1 aromatic rings. The molecule has 0 atom stereocenters. The number of ether oxygens (including phenoxy) is 1. The second-order valence-electron chi connectivity index (χ2n) is 6.18. The van der Waals surface area contributed by atoms with E-state index in [-0.39, 0.29) is 6.61 Å². The van der Waals surface area contributed by atoms with Crippen LogP contribution in [-0.4, -0.2) is 27.7 Å². The Hall–Kier alpha value is -3.33. The summed E-state index contributed by atoms with van der Waals surface area (Å²) in [5.74, 6) is 0.141. The lowest BCUT2D eigenvalue weighted by atomic mass is 9.86. The van der Waals surface area contributed by atoms with Gasteiger partial charge in [-0.05, 0) is 41.8 Å². The number of hydrogen-bond acceptors (Lipinski definition) is 4. The van der Waals surface area contributed by atoms with Gasteiger partial charge in [-0.2, -0.15) is 21.6 Å². The van der Waals surface area contributed by atoms with Crippen molar-refractivity contribution in [3.05, 3.63) is 109 Å². The molecule has 4 nitrogen and oxygen atoms in total. The lowest BCUT2D eigenvalue weighted by Gasteiger charge is -2.27. The Balaban J connectivity index is 0.00000274. The lowest BCUT2D eigenvalue weighted by Crippen LogP contribution is -2.28. The van der Waals surface area contributed by atoms with Crippen LogP contribution < -0.4 is 4.18 Å². The molecule has 1 aliphatic rings. The van der Waals surface area contributed by atoms with E-state index < -0.39 is 21.4 Å². The van der Waals surface area contributed by atoms with Crippen molar-refractivity contribution in [1.29, 1.82) is 0 Å². The summed E-state index contributed by atoms with van der Waals surface area (Å²) in [7, 11) is -5.26. The van der Waals surface area contributed by atoms with Crippen molar-refractivity contribution in [2.75, 3.05) is 13.8 Å². The van der Waals surface area contributed by atoms with E-state index in [1.54, 1.807) is 36.5 Å². The summed E-state index contributed by atoms with van der Waals surface area (Å²) < 4.78 is 79.8. The van der Waals surface area contributed by atoms with Crippen LogP contribution in [0.3, 0.4) is 0 Å². The third-order valence-electron chi connectivity index (χ3n) is 4.25. The second kappa shape index (κ2) is 14.8. The van der Waals surface area contributed by atoms with Crippen LogP contribution in [0.2, 0.25) is 0 Å². The molecular weight excluding hydrogens is 484 g/mol. The predicted octanol–water partition coefficient (Wildman–Crippen LogP) is 7.63. The molecule has 2 rings (SSSR count). The molecule has 9 heteroatoms. The van der Waals surface area contributed by atoms with Gasteiger partial charge in [0.25, 0.3) is 0 Å². The predicted molar refractivity (Wildman–Crippen MR) is 134 cm³/mol. The van der Waals surface area contributed by atoms with Crippen LogP contribution in [-0.2, 0) is 14.9 Å². The zero-order chi connectivity index (χ0) is 27.2. The van der Waals surface area contributed by atoms with E-state index in [0.29, 0.717) is 24.1 Å². The highest BCUT2D eigenvalue weighted by Crippen LogP contribution is 2.40. The zero-order valence-electron chi connectivity index (χ0n) is 20.2. The number of halogens is 4. The fraction of sp³-hybridized carbons (Fsp3) is 0.231. The van der Waals surface area contributed by atoms with Crippen LogP contribution >= 0.6 is 0 Å². The standard InChI is InChI=1S/C23H21F3O4S.C2H6.CH3F/c1-5-9-16(7-3)20-15-29-21(8-4)19(10-6-2)22(20)17-11-13-18(14-12-17)30-31(27,28)23(24,25)26;2*1-2/h5-14H,1-3,15H2,4H3;1-2H3;1H3/b16-9+,19-10+,21-8+;;. The molecule has 0 N–H and O–H groups in total. The van der Waals surface area contributed by atoms with Crippen LogP contribution in [0, 0.1) is 0 Å². The normalized spacial score (nSPS) is 16.3. The summed E-state index contributed by atoms with van der Waals surface area (Å²) in [4.78, 5) is 0. The largest absolute Gasteiger partial charge is 0.534 e. The Morgan fingerprint density at radius 3 is 2.06 bits per heavy atom. The van der Waals surface area contributed by atoms with Gasteiger partial charge in [-0.1, -0.05) is 76.1 Å². The zero-order valence-corrected chi connectivity index (χ0v) is 21.0. The van der Waals surface area contributed by atoms with Crippen molar-refractivity contribution in [2.45, 2.75) is 26.3 Å². The fourth-order valence-corrected chi connectivity index (χ4v) is 3.39. The Bertz CT molecular complexity index is 1110. The van der Waals surface area contributed by atoms with Gasteiger partial charge < -0.3 is 8.92 Å². The average Bonchev–Trinajstić information content (AvgIpc) is 2.85. The first-order valence-electron chi connectivity index (χ1n) is 10.4. The number of rotatable bonds is 7. The van der Waals surface area contributed by atoms with Crippen LogP contribution in [0.4, 0.5) is 17.6 Å². The molecule has 1 aromatic carbocycles. The van der Waals surface area contributed by atoms with Gasteiger partial charge in [0.2, 0.25) is 0 Å². The number of allylic oxidation sites excluding steroid dienone is 7. The molecule has 1 aliphatic heterocycles. The maximum Gasteiger partial charge on any atom is 0.534 e. The Kier molecular flexibility index (Phi) is 13.4. The van der Waals surface area contributed by atoms with E-state index in [9.17, 15) is 26.0 Å². The van der Waals surface area contributed by atoms with Gasteiger partial charge in [0.05, 0.1) is 7.18 Å². The molecular formula is C26H30F4O4S. The molecule has 0 saturated carbocycles. The quantitative estimate of drug-likeness (QED) is 0.163. The molecule has 0 amide bonds. The Morgan fingerprint density at radius 1 is 1.06 bits per heavy atom. The van der Waals surface area contributed by atoms with E-state index in [1.165, 1.54) is 12.1 Å². The minimum atomic E-state index is -5.76. The van der Waals surface area contributed by atoms with Crippen molar-refractivity contribution in [3.63, 3.8) is 0 Å². The Morgan fingerprint density at radius 2 is 1.63 bits per heavy atom. The second-order valence-corrected chi connectivity index (χ2v) is 7.72. The van der Waals surface area contributed by atoms with Crippen molar-refractivity contribution >= 4 is 15.7 Å². The van der Waals surface area contributed by atoms with E-state index in [2.05, 4.69) is 23.9 Å². The van der Waals surface area contributed by atoms with Gasteiger partial charge in [-0.3, -0.25) is 4.39 Å². The summed E-state index contributed by atoms with van der Waals surface area (Å²) in [6.45, 7) is 17.3. The molecule has 0 unspecified atom stereocenters. The minimum Gasteiger partial charge on any atom is -0.489 e. The smallest absolute Gasteiger partial charge is 0.489 e. The number of hydrogen-bond donors (Lipinski definition) is 0. The topological polar surface area (TPSA) is 52.6 Å². The summed E-state index contributed by atoms with van der Waals surface area (Å²) in [6, 6.07) is 5.26. The molecule has 0 radical (unpaired) electrons. The monoisotopic (exact) mass is 514 g/mol. The highest BCUT2D eigenvalue weighted by Gasteiger charge is 2.48. The maximum absolute atomic E-state index is 12.6. The first kappa shape index (κ1) is 31.7. The number of alkyl halides is 4. The molecule has 192 valence electrons. The van der Waals surface area contributed by atoms with Crippen molar-refractivity contribution in [3.8, 4) is 5.75 Å². The third-order valence-corrected chi connectivity index (χ3v) is 5.23. The highest BCUT2D eigenvalue weighted by molar-refractivity contribution is 7.88. The summed E-state index contributed by atoms with van der Waals surface area (Å²) >= 11 is 0. The van der Waals surface area contributed by atoms with Crippen LogP contribution in [0.25, 0.3) is 5.57 Å². The van der Waals surface area contributed by atoms with Gasteiger partial charge in [-0.15, -0.1) is 0 Å². The van der Waals surface area contributed by atoms with Crippen molar-refractivity contribution in [1.82, 2.24) is 0 Å². The average molecular weight is 515 g/mol. The highest BCUT2D eigenvalue weighted by atomic mass is 32.2. The third kappa shape index (κ3) is 8.13. The molecule has 1 heterocycles. The molecule has 0 bridgehead atoms. The number of benzene rings is 1. The van der Waals surface area contributed by atoms with E-state index in [0.717, 1.165) is 28.9 Å². The van der Waals surface area contributed by atoms with Crippen LogP contribution in [0.1, 0.15) is 26.3 Å². The van der Waals surface area contributed by atoms with Crippen LogP contribution in [0.15, 0.2) is 103 Å². The lowest BCUT2D eigenvalue weighted by molar-refractivity contribution is -0.0500. The van der Waals surface area contributed by atoms with Gasteiger partial charge in [0.1, 0.15) is 18.1 Å². The molecule has 0 spiro atoms. The first-order chi connectivity index (χ1) is 16.6. The van der Waals surface area contributed by atoms with Gasteiger partial charge >= 0.3 is 15.6 Å². The van der Waals surface area contributed by atoms with Gasteiger partial charge in [0, 0.05) is 11.1 Å². The van der Waals surface area contributed by atoms with Gasteiger partial charge in [0.15, 0.2) is 0 Å². The summed E-state index contributed by atoms with van der Waals surface area (Å²) in [5.41, 5.74) is -1.96. The molecule has 0 saturated heterocycles. The molecule has 35 heavy (non-hydrogen) atoms. The summed E-state index contributed by atoms with van der Waals surface area (Å²) in [5, 5.41) is 0. The first-order valence-corrected chi connectivity index (χ1v) is 11.8. The molecule has 0 aliphatic carbocycles. The molecule has 0 aromatic heterocycles. The van der Waals surface area contributed by atoms with Crippen LogP contribution in [0.5, 0.6) is 5.75 Å². The fourth-order valence-electron chi connectivity index (χ4n) is 2.94. The molecule has 0 fully saturated rings. The maximum atomic E-state index is 12.6.